The molecule has 3 aromatic rings. The zero-order valence-corrected chi connectivity index (χ0v) is 14.3. The first-order valence-corrected chi connectivity index (χ1v) is 8.12. The molecule has 0 unspecified atom stereocenters. The SMILES string of the molecule is Cc1cc(C=O)c(O)c(/C=N/c2ncccc2OCc2ccccc2)c1. The molecule has 0 atom stereocenters. The molecule has 1 N–H and O–H groups in total. The molecule has 0 amide bonds. The van der Waals surface area contributed by atoms with Gasteiger partial charge in [0.15, 0.2) is 17.9 Å². The Balaban J connectivity index is 1.83. The summed E-state index contributed by atoms with van der Waals surface area (Å²) in [5.41, 5.74) is 2.57. The second-order valence-corrected chi connectivity index (χ2v) is 5.77. The van der Waals surface area contributed by atoms with Gasteiger partial charge < -0.3 is 9.84 Å². The van der Waals surface area contributed by atoms with Gasteiger partial charge in [0, 0.05) is 18.0 Å². The number of carbonyl (C=O) groups is 1. The summed E-state index contributed by atoms with van der Waals surface area (Å²) in [7, 11) is 0. The lowest BCUT2D eigenvalue weighted by atomic mass is 10.1. The van der Waals surface area contributed by atoms with E-state index >= 15 is 0 Å². The summed E-state index contributed by atoms with van der Waals surface area (Å²) in [4.78, 5) is 19.6. The van der Waals surface area contributed by atoms with Gasteiger partial charge in [-0.3, -0.25) is 4.79 Å². The average Bonchev–Trinajstić information content (AvgIpc) is 2.68. The molecule has 0 fully saturated rings. The molecule has 1 aromatic heterocycles. The Bertz CT molecular complexity index is 937. The largest absolute Gasteiger partial charge is 0.507 e. The molecular formula is C21H18N2O3. The van der Waals surface area contributed by atoms with Crippen LogP contribution in [0.4, 0.5) is 5.82 Å². The van der Waals surface area contributed by atoms with Crippen LogP contribution < -0.4 is 4.74 Å². The van der Waals surface area contributed by atoms with Gasteiger partial charge >= 0.3 is 0 Å². The number of rotatable bonds is 6. The maximum atomic E-state index is 11.0. The van der Waals surface area contributed by atoms with E-state index in [4.69, 9.17) is 4.74 Å². The van der Waals surface area contributed by atoms with Gasteiger partial charge in [0.1, 0.15) is 12.4 Å². The van der Waals surface area contributed by atoms with Crippen LogP contribution in [0.5, 0.6) is 11.5 Å². The van der Waals surface area contributed by atoms with E-state index in [0.717, 1.165) is 11.1 Å². The predicted octanol–water partition coefficient (Wildman–Crippen LogP) is 4.24. The number of phenolic OH excluding ortho intramolecular Hbond substituents is 1. The average molecular weight is 346 g/mol. The van der Waals surface area contributed by atoms with Crippen molar-refractivity contribution in [3.8, 4) is 11.5 Å². The maximum Gasteiger partial charge on any atom is 0.194 e. The highest BCUT2D eigenvalue weighted by Crippen LogP contribution is 2.27. The lowest BCUT2D eigenvalue weighted by molar-refractivity contribution is 0.112. The molecule has 2 aromatic carbocycles. The molecule has 0 aliphatic carbocycles. The number of benzene rings is 2. The van der Waals surface area contributed by atoms with Gasteiger partial charge in [0.05, 0.1) is 5.56 Å². The Morgan fingerprint density at radius 2 is 1.88 bits per heavy atom. The number of pyridine rings is 1. The van der Waals surface area contributed by atoms with Gasteiger partial charge in [0.2, 0.25) is 0 Å². The fraction of sp³-hybridized carbons (Fsp3) is 0.0952. The predicted molar refractivity (Wildman–Crippen MR) is 100 cm³/mol. The molecule has 3 rings (SSSR count). The summed E-state index contributed by atoms with van der Waals surface area (Å²) in [6.07, 6.45) is 3.72. The number of hydrogen-bond donors (Lipinski definition) is 1. The standard InChI is InChI=1S/C21H18N2O3/c1-15-10-17(20(25)18(11-15)13-24)12-23-21-19(8-5-9-22-21)26-14-16-6-3-2-4-7-16/h2-13,25H,14H2,1H3/b23-12+. The van der Waals surface area contributed by atoms with Crippen LogP contribution in [-0.2, 0) is 6.61 Å². The van der Waals surface area contributed by atoms with Crippen molar-refractivity contribution in [2.24, 2.45) is 4.99 Å². The fourth-order valence-corrected chi connectivity index (χ4v) is 2.48. The smallest absolute Gasteiger partial charge is 0.194 e. The minimum Gasteiger partial charge on any atom is -0.507 e. The molecule has 0 saturated carbocycles. The van der Waals surface area contributed by atoms with E-state index in [0.29, 0.717) is 30.0 Å². The number of ether oxygens (including phenoxy) is 1. The van der Waals surface area contributed by atoms with Crippen molar-refractivity contribution in [2.45, 2.75) is 13.5 Å². The lowest BCUT2D eigenvalue weighted by Crippen LogP contribution is -1.96. The van der Waals surface area contributed by atoms with E-state index in [2.05, 4.69) is 9.98 Å². The number of aryl methyl sites for hydroxylation is 1. The number of phenols is 1. The molecule has 0 aliphatic rings. The van der Waals surface area contributed by atoms with Gasteiger partial charge in [-0.05, 0) is 42.3 Å². The van der Waals surface area contributed by atoms with Crippen LogP contribution >= 0.6 is 0 Å². The molecule has 0 aliphatic heterocycles. The van der Waals surface area contributed by atoms with E-state index < -0.39 is 0 Å². The highest BCUT2D eigenvalue weighted by Gasteiger charge is 2.08. The number of nitrogens with zero attached hydrogens (tertiary/aromatic N) is 2. The van der Waals surface area contributed by atoms with Gasteiger partial charge in [-0.25, -0.2) is 9.98 Å². The number of hydrogen-bond acceptors (Lipinski definition) is 5. The molecular weight excluding hydrogens is 328 g/mol. The molecule has 0 saturated heterocycles. The molecule has 0 bridgehead atoms. The van der Waals surface area contributed by atoms with E-state index in [1.807, 2.05) is 37.3 Å². The fourth-order valence-electron chi connectivity index (χ4n) is 2.48. The zero-order chi connectivity index (χ0) is 18.4. The summed E-state index contributed by atoms with van der Waals surface area (Å²) in [5, 5.41) is 10.1. The van der Waals surface area contributed by atoms with Crippen LogP contribution in [0.15, 0.2) is 65.8 Å². The maximum absolute atomic E-state index is 11.0. The van der Waals surface area contributed by atoms with Crippen LogP contribution in [-0.4, -0.2) is 22.6 Å². The third-order valence-corrected chi connectivity index (χ3v) is 3.75. The highest BCUT2D eigenvalue weighted by molar-refractivity contribution is 5.91. The number of aliphatic imine (C=N–C) groups is 1. The Morgan fingerprint density at radius 1 is 1.12 bits per heavy atom. The summed E-state index contributed by atoms with van der Waals surface area (Å²) in [6, 6.07) is 16.7. The first-order valence-electron chi connectivity index (χ1n) is 8.12. The first-order chi connectivity index (χ1) is 12.7. The monoisotopic (exact) mass is 346 g/mol. The molecule has 130 valence electrons. The topological polar surface area (TPSA) is 71.8 Å². The van der Waals surface area contributed by atoms with Gasteiger partial charge in [-0.2, -0.15) is 0 Å². The van der Waals surface area contributed by atoms with E-state index in [1.54, 1.807) is 30.5 Å². The van der Waals surface area contributed by atoms with Crippen LogP contribution in [0.1, 0.15) is 27.0 Å². The minimum atomic E-state index is -0.1000. The van der Waals surface area contributed by atoms with Crippen molar-refractivity contribution in [1.29, 1.82) is 0 Å². The minimum absolute atomic E-state index is 0.1000. The van der Waals surface area contributed by atoms with Crippen LogP contribution in [0.25, 0.3) is 0 Å². The van der Waals surface area contributed by atoms with Crippen molar-refractivity contribution in [3.05, 3.63) is 83.0 Å². The Hall–Kier alpha value is -3.47. The van der Waals surface area contributed by atoms with Crippen molar-refractivity contribution >= 4 is 18.3 Å². The van der Waals surface area contributed by atoms with Crippen LogP contribution in [0, 0.1) is 6.92 Å². The number of aromatic nitrogens is 1. The summed E-state index contributed by atoms with van der Waals surface area (Å²) in [6.45, 7) is 2.25. The third kappa shape index (κ3) is 4.13. The van der Waals surface area contributed by atoms with E-state index in [1.165, 1.54) is 6.21 Å². The van der Waals surface area contributed by atoms with E-state index in [-0.39, 0.29) is 11.3 Å². The van der Waals surface area contributed by atoms with Crippen LogP contribution in [0.2, 0.25) is 0 Å². The van der Waals surface area contributed by atoms with Crippen molar-refractivity contribution in [2.75, 3.05) is 0 Å². The van der Waals surface area contributed by atoms with Crippen molar-refractivity contribution < 1.29 is 14.6 Å². The number of aldehydes is 1. The third-order valence-electron chi connectivity index (χ3n) is 3.75. The molecule has 26 heavy (non-hydrogen) atoms. The molecule has 1 heterocycles. The van der Waals surface area contributed by atoms with Crippen molar-refractivity contribution in [3.63, 3.8) is 0 Å². The Morgan fingerprint density at radius 3 is 2.65 bits per heavy atom. The normalized spacial score (nSPS) is 10.8. The Labute approximate surface area is 151 Å². The van der Waals surface area contributed by atoms with Gasteiger partial charge in [-0.1, -0.05) is 30.3 Å². The van der Waals surface area contributed by atoms with Gasteiger partial charge in [0.25, 0.3) is 0 Å². The molecule has 5 nitrogen and oxygen atoms in total. The van der Waals surface area contributed by atoms with E-state index in [9.17, 15) is 9.90 Å². The number of aromatic hydroxyl groups is 1. The highest BCUT2D eigenvalue weighted by atomic mass is 16.5. The summed E-state index contributed by atoms with van der Waals surface area (Å²) < 4.78 is 5.82. The molecule has 0 radical (unpaired) electrons. The number of carbonyl (C=O) groups excluding carboxylic acids is 1. The summed E-state index contributed by atoms with van der Waals surface area (Å²) >= 11 is 0. The Kier molecular flexibility index (Phi) is 5.39. The van der Waals surface area contributed by atoms with Gasteiger partial charge in [-0.15, -0.1) is 0 Å². The van der Waals surface area contributed by atoms with Crippen molar-refractivity contribution in [1.82, 2.24) is 4.98 Å². The second-order valence-electron chi connectivity index (χ2n) is 5.77. The second kappa shape index (κ2) is 8.07. The van der Waals surface area contributed by atoms with Crippen LogP contribution in [0.3, 0.4) is 0 Å². The first kappa shape index (κ1) is 17.4. The lowest BCUT2D eigenvalue weighted by Gasteiger charge is -2.08. The zero-order valence-electron chi connectivity index (χ0n) is 14.3. The molecule has 0 spiro atoms. The molecule has 5 heteroatoms. The summed E-state index contributed by atoms with van der Waals surface area (Å²) in [5.74, 6) is 0.837. The quantitative estimate of drug-likeness (QED) is 0.535.